The van der Waals surface area contributed by atoms with Gasteiger partial charge in [-0.3, -0.25) is 20.2 Å². The largest absolute Gasteiger partial charge is 0.451 e. The van der Waals surface area contributed by atoms with Gasteiger partial charge in [0.25, 0.3) is 11.6 Å². The van der Waals surface area contributed by atoms with E-state index in [1.165, 1.54) is 29.5 Å². The molecule has 10 heteroatoms. The number of nitrogens with zero attached hydrogens (tertiary/aromatic N) is 3. The van der Waals surface area contributed by atoms with E-state index in [0.29, 0.717) is 16.5 Å². The zero-order valence-corrected chi connectivity index (χ0v) is 14.6. The summed E-state index contributed by atoms with van der Waals surface area (Å²) in [6.07, 6.45) is 0. The number of amides is 1. The van der Waals surface area contributed by atoms with Gasteiger partial charge in [0.15, 0.2) is 10.1 Å². The fourth-order valence-corrected chi connectivity index (χ4v) is 3.61. The molecule has 0 fully saturated rings. The summed E-state index contributed by atoms with van der Waals surface area (Å²) in [6, 6.07) is 9.07. The van der Waals surface area contributed by atoms with Crippen LogP contribution in [0.3, 0.4) is 0 Å². The summed E-state index contributed by atoms with van der Waals surface area (Å²) in [7, 11) is 0. The molecule has 0 aliphatic rings. The van der Waals surface area contributed by atoms with Crippen molar-refractivity contribution in [3.8, 4) is 11.3 Å². The quantitative estimate of drug-likeness (QED) is 0.299. The highest BCUT2D eigenvalue weighted by Gasteiger charge is 2.15. The van der Waals surface area contributed by atoms with E-state index in [1.54, 1.807) is 30.0 Å². The second-order valence-corrected chi connectivity index (χ2v) is 7.22. The Morgan fingerprint density at radius 3 is 2.72 bits per heavy atom. The van der Waals surface area contributed by atoms with Gasteiger partial charge in [-0.15, -0.1) is 10.2 Å². The molecule has 2 aromatic heterocycles. The van der Waals surface area contributed by atoms with Gasteiger partial charge in [0, 0.05) is 17.7 Å². The van der Waals surface area contributed by atoms with E-state index in [9.17, 15) is 14.9 Å². The highest BCUT2D eigenvalue weighted by atomic mass is 32.2. The van der Waals surface area contributed by atoms with Crippen molar-refractivity contribution in [3.05, 3.63) is 52.3 Å². The first-order chi connectivity index (χ1) is 12.1. The number of carbonyl (C=O) groups excluding carboxylic acids is 1. The second-order valence-electron chi connectivity index (χ2n) is 4.73. The van der Waals surface area contributed by atoms with E-state index in [0.717, 1.165) is 10.1 Å². The maximum atomic E-state index is 12.2. The Bertz CT molecular complexity index is 904. The van der Waals surface area contributed by atoms with Crippen molar-refractivity contribution < 1.29 is 14.1 Å². The number of rotatable bonds is 6. The fourth-order valence-electron chi connectivity index (χ4n) is 1.96. The van der Waals surface area contributed by atoms with Crippen LogP contribution in [-0.2, 0) is 0 Å². The van der Waals surface area contributed by atoms with Gasteiger partial charge in [0.1, 0.15) is 5.76 Å². The van der Waals surface area contributed by atoms with Gasteiger partial charge >= 0.3 is 0 Å². The molecule has 0 radical (unpaired) electrons. The molecule has 1 N–H and O–H groups in total. The van der Waals surface area contributed by atoms with Gasteiger partial charge in [-0.2, -0.15) is 0 Å². The van der Waals surface area contributed by atoms with Crippen molar-refractivity contribution in [1.29, 1.82) is 0 Å². The minimum Gasteiger partial charge on any atom is -0.451 e. The van der Waals surface area contributed by atoms with E-state index in [4.69, 9.17) is 4.42 Å². The number of nitro groups is 1. The Balaban J connectivity index is 1.71. The minimum atomic E-state index is -0.474. The molecule has 0 aliphatic heterocycles. The summed E-state index contributed by atoms with van der Waals surface area (Å²) in [4.78, 5) is 22.4. The monoisotopic (exact) mass is 376 g/mol. The lowest BCUT2D eigenvalue weighted by atomic mass is 10.1. The van der Waals surface area contributed by atoms with Gasteiger partial charge in [-0.1, -0.05) is 30.0 Å². The molecule has 3 aromatic rings. The Labute approximate surface area is 150 Å². The van der Waals surface area contributed by atoms with Crippen LogP contribution < -0.4 is 5.32 Å². The molecule has 0 unspecified atom stereocenters. The summed E-state index contributed by atoms with van der Waals surface area (Å²) in [5.41, 5.74) is 0.632. The van der Waals surface area contributed by atoms with Gasteiger partial charge in [-0.25, -0.2) is 0 Å². The average molecular weight is 376 g/mol. The van der Waals surface area contributed by atoms with Crippen LogP contribution in [0, 0.1) is 10.1 Å². The molecule has 0 saturated heterocycles. The Morgan fingerprint density at radius 2 is 2.04 bits per heavy atom. The summed E-state index contributed by atoms with van der Waals surface area (Å²) in [5, 5.41) is 21.6. The third-order valence-corrected chi connectivity index (χ3v) is 4.94. The number of non-ortho nitro benzene ring substituents is 1. The molecule has 1 aromatic carbocycles. The minimum absolute atomic E-state index is 0.00899. The summed E-state index contributed by atoms with van der Waals surface area (Å²) >= 11 is 2.84. The van der Waals surface area contributed by atoms with Crippen molar-refractivity contribution in [3.63, 3.8) is 0 Å². The summed E-state index contributed by atoms with van der Waals surface area (Å²) in [6.45, 7) is 2.01. The van der Waals surface area contributed by atoms with Gasteiger partial charge in [-0.05, 0) is 30.0 Å². The van der Waals surface area contributed by atoms with Gasteiger partial charge in [0.05, 0.1) is 4.92 Å². The number of hydrogen-bond donors (Lipinski definition) is 1. The lowest BCUT2D eigenvalue weighted by Gasteiger charge is -1.98. The molecule has 3 rings (SSSR count). The first-order valence-corrected chi connectivity index (χ1v) is 8.99. The smallest absolute Gasteiger partial charge is 0.293 e. The number of aromatic nitrogens is 2. The molecule has 8 nitrogen and oxygen atoms in total. The lowest BCUT2D eigenvalue weighted by Crippen LogP contribution is -2.10. The molecule has 0 saturated carbocycles. The SMILES string of the molecule is CCSc1nnc(NC(=O)c2ccc(-c3ccc([N+](=O)[O-])cc3)o2)s1. The number of furan rings is 1. The van der Waals surface area contributed by atoms with Crippen molar-refractivity contribution in [2.75, 3.05) is 11.1 Å². The zero-order valence-electron chi connectivity index (χ0n) is 13.0. The van der Waals surface area contributed by atoms with E-state index in [1.807, 2.05) is 6.92 Å². The number of nitrogens with one attached hydrogen (secondary N) is 1. The third-order valence-electron chi connectivity index (χ3n) is 3.09. The molecule has 0 spiro atoms. The van der Waals surface area contributed by atoms with E-state index < -0.39 is 10.8 Å². The molecular formula is C15H12N4O4S2. The highest BCUT2D eigenvalue weighted by Crippen LogP contribution is 2.27. The Kier molecular flexibility index (Phi) is 5.10. The predicted octanol–water partition coefficient (Wildman–Crippen LogP) is 4.07. The molecule has 25 heavy (non-hydrogen) atoms. The maximum Gasteiger partial charge on any atom is 0.293 e. The first kappa shape index (κ1) is 17.1. The number of nitro benzene ring substituents is 1. The van der Waals surface area contributed by atoms with Crippen LogP contribution in [0.5, 0.6) is 0 Å². The van der Waals surface area contributed by atoms with Crippen LogP contribution in [0.4, 0.5) is 10.8 Å². The first-order valence-electron chi connectivity index (χ1n) is 7.19. The lowest BCUT2D eigenvalue weighted by molar-refractivity contribution is -0.384. The normalized spacial score (nSPS) is 10.6. The average Bonchev–Trinajstić information content (AvgIpc) is 3.25. The molecule has 0 bridgehead atoms. The molecule has 128 valence electrons. The van der Waals surface area contributed by atoms with E-state index in [2.05, 4.69) is 15.5 Å². The van der Waals surface area contributed by atoms with Crippen molar-refractivity contribution in [2.24, 2.45) is 0 Å². The van der Waals surface area contributed by atoms with Crippen molar-refractivity contribution >= 4 is 39.8 Å². The maximum absolute atomic E-state index is 12.2. The van der Waals surface area contributed by atoms with Crippen LogP contribution in [0.15, 0.2) is 45.2 Å². The van der Waals surface area contributed by atoms with Crippen LogP contribution in [0.2, 0.25) is 0 Å². The van der Waals surface area contributed by atoms with E-state index >= 15 is 0 Å². The summed E-state index contributed by atoms with van der Waals surface area (Å²) in [5.74, 6) is 1.00. The number of anilines is 1. The van der Waals surface area contributed by atoms with Gasteiger partial charge in [0.2, 0.25) is 5.13 Å². The zero-order chi connectivity index (χ0) is 17.8. The molecule has 0 aliphatic carbocycles. The molecule has 1 amide bonds. The third kappa shape index (κ3) is 4.03. The van der Waals surface area contributed by atoms with Crippen molar-refractivity contribution in [1.82, 2.24) is 10.2 Å². The van der Waals surface area contributed by atoms with Gasteiger partial charge < -0.3 is 4.42 Å². The number of thioether (sulfide) groups is 1. The van der Waals surface area contributed by atoms with Crippen LogP contribution in [0.25, 0.3) is 11.3 Å². The highest BCUT2D eigenvalue weighted by molar-refractivity contribution is 8.01. The van der Waals surface area contributed by atoms with Crippen LogP contribution in [-0.4, -0.2) is 26.8 Å². The fraction of sp³-hybridized carbons (Fsp3) is 0.133. The van der Waals surface area contributed by atoms with Crippen molar-refractivity contribution in [2.45, 2.75) is 11.3 Å². The second kappa shape index (κ2) is 7.45. The Morgan fingerprint density at radius 1 is 1.28 bits per heavy atom. The van der Waals surface area contributed by atoms with E-state index in [-0.39, 0.29) is 11.4 Å². The topological polar surface area (TPSA) is 111 Å². The van der Waals surface area contributed by atoms with Crippen LogP contribution in [0.1, 0.15) is 17.5 Å². The number of benzene rings is 1. The molecule has 0 atom stereocenters. The molecule has 2 heterocycles. The number of carbonyl (C=O) groups is 1. The number of hydrogen-bond acceptors (Lipinski definition) is 8. The molecular weight excluding hydrogens is 364 g/mol. The standard InChI is InChI=1S/C15H12N4O4S2/c1-2-24-15-18-17-14(25-15)16-13(20)12-8-7-11(23-12)9-3-5-10(6-4-9)19(21)22/h3-8H,2H2,1H3,(H,16,17,20). The predicted molar refractivity (Wildman–Crippen MR) is 95.1 cm³/mol. The summed E-state index contributed by atoms with van der Waals surface area (Å²) < 4.78 is 6.31. The van der Waals surface area contributed by atoms with Crippen LogP contribution >= 0.6 is 23.1 Å². The Hall–Kier alpha value is -2.72.